The zero-order chi connectivity index (χ0) is 8.27. The highest BCUT2D eigenvalue weighted by Gasteiger charge is 1.94. The first-order valence-electron chi connectivity index (χ1n) is 3.26. The van der Waals surface area contributed by atoms with Gasteiger partial charge in [-0.2, -0.15) is 0 Å². The Morgan fingerprint density at radius 3 is 2.50 bits per heavy atom. The van der Waals surface area contributed by atoms with Gasteiger partial charge in [0.25, 0.3) is 0 Å². The molecule has 0 saturated heterocycles. The molecular formula is C8H12N2S2. The number of aryl methyl sites for hydroxylation is 1. The van der Waals surface area contributed by atoms with Crippen LogP contribution in [0.5, 0.6) is 0 Å². The maximum absolute atomic E-state index is 4.79. The van der Waals surface area contributed by atoms with E-state index in [-0.39, 0.29) is 6.15 Å². The van der Waals surface area contributed by atoms with Gasteiger partial charge in [0.1, 0.15) is 4.32 Å². The lowest BCUT2D eigenvalue weighted by molar-refractivity contribution is 1.46. The second kappa shape index (κ2) is 5.13. The number of para-hydroxylation sites is 1. The van der Waals surface area contributed by atoms with E-state index < -0.39 is 0 Å². The van der Waals surface area contributed by atoms with Crippen molar-refractivity contribution in [1.82, 2.24) is 6.15 Å². The van der Waals surface area contributed by atoms with E-state index >= 15 is 0 Å². The second-order valence-corrected chi connectivity index (χ2v) is 3.40. The summed E-state index contributed by atoms with van der Waals surface area (Å²) in [7, 11) is 0. The van der Waals surface area contributed by atoms with Crippen LogP contribution in [-0.4, -0.2) is 4.32 Å². The number of rotatable bonds is 1. The fourth-order valence-electron chi connectivity index (χ4n) is 0.828. The van der Waals surface area contributed by atoms with Crippen molar-refractivity contribution in [2.75, 3.05) is 5.32 Å². The summed E-state index contributed by atoms with van der Waals surface area (Å²) >= 11 is 8.77. The van der Waals surface area contributed by atoms with Crippen LogP contribution in [0.25, 0.3) is 0 Å². The van der Waals surface area contributed by atoms with Crippen LogP contribution in [0, 0.1) is 6.92 Å². The molecule has 0 aliphatic carbocycles. The lowest BCUT2D eigenvalue weighted by Crippen LogP contribution is -2.01. The Bertz CT molecular complexity index is 274. The van der Waals surface area contributed by atoms with E-state index in [9.17, 15) is 0 Å². The molecule has 0 amide bonds. The Morgan fingerprint density at radius 2 is 2.00 bits per heavy atom. The van der Waals surface area contributed by atoms with Gasteiger partial charge in [0, 0.05) is 5.69 Å². The van der Waals surface area contributed by atoms with Gasteiger partial charge in [-0.1, -0.05) is 30.4 Å². The molecule has 66 valence electrons. The standard InChI is InChI=1S/C8H9NS2.H3N/c1-6-4-2-3-5-7(6)9-8(10)11;/h2-5H,1H3,(H2,9,10,11);1H3. The van der Waals surface area contributed by atoms with Crippen molar-refractivity contribution in [3.05, 3.63) is 29.8 Å². The van der Waals surface area contributed by atoms with Gasteiger partial charge in [-0.05, 0) is 18.6 Å². The smallest absolute Gasteiger partial charge is 0.135 e. The predicted octanol–water partition coefficient (Wildman–Crippen LogP) is 2.78. The van der Waals surface area contributed by atoms with E-state index in [0.717, 1.165) is 5.69 Å². The molecule has 4 N–H and O–H groups in total. The molecule has 0 heterocycles. The molecule has 0 spiro atoms. The van der Waals surface area contributed by atoms with Crippen LogP contribution in [-0.2, 0) is 0 Å². The molecule has 1 aromatic carbocycles. The fraction of sp³-hybridized carbons (Fsp3) is 0.125. The normalized spacial score (nSPS) is 8.50. The minimum atomic E-state index is 0. The van der Waals surface area contributed by atoms with Gasteiger partial charge < -0.3 is 11.5 Å². The Kier molecular flexibility index (Phi) is 4.89. The third-order valence-corrected chi connectivity index (χ3v) is 1.60. The highest BCUT2D eigenvalue weighted by Crippen LogP contribution is 2.13. The molecule has 0 radical (unpaired) electrons. The molecule has 0 bridgehead atoms. The van der Waals surface area contributed by atoms with Gasteiger partial charge in [0.15, 0.2) is 0 Å². The summed E-state index contributed by atoms with van der Waals surface area (Å²) in [5.74, 6) is 0. The Labute approximate surface area is 83.4 Å². The lowest BCUT2D eigenvalue weighted by atomic mass is 10.2. The Hall–Kier alpha value is -0.580. The predicted molar refractivity (Wildman–Crippen MR) is 61.4 cm³/mol. The summed E-state index contributed by atoms with van der Waals surface area (Å²) in [4.78, 5) is 0. The summed E-state index contributed by atoms with van der Waals surface area (Å²) < 4.78 is 0.499. The van der Waals surface area contributed by atoms with Crippen LogP contribution in [0.4, 0.5) is 5.69 Å². The molecule has 0 aromatic heterocycles. The quantitative estimate of drug-likeness (QED) is 0.482. The third kappa shape index (κ3) is 3.21. The number of benzene rings is 1. The van der Waals surface area contributed by atoms with E-state index in [0.29, 0.717) is 4.32 Å². The van der Waals surface area contributed by atoms with Crippen molar-refractivity contribution in [3.8, 4) is 0 Å². The molecule has 0 aliphatic rings. The van der Waals surface area contributed by atoms with Crippen molar-refractivity contribution in [2.24, 2.45) is 0 Å². The monoisotopic (exact) mass is 200 g/mol. The largest absolute Gasteiger partial charge is 0.344 e. The molecule has 0 aliphatic heterocycles. The molecule has 1 aromatic rings. The van der Waals surface area contributed by atoms with E-state index in [1.54, 1.807) is 0 Å². The molecule has 4 heteroatoms. The van der Waals surface area contributed by atoms with Crippen LogP contribution < -0.4 is 11.5 Å². The van der Waals surface area contributed by atoms with Gasteiger partial charge in [-0.3, -0.25) is 0 Å². The van der Waals surface area contributed by atoms with Crippen molar-refractivity contribution in [2.45, 2.75) is 6.92 Å². The SMILES string of the molecule is Cc1ccccc1NC(=S)S.N. The minimum Gasteiger partial charge on any atom is -0.344 e. The Balaban J connectivity index is 0.00000121. The van der Waals surface area contributed by atoms with Gasteiger partial charge in [0.2, 0.25) is 0 Å². The van der Waals surface area contributed by atoms with Crippen LogP contribution in [0.1, 0.15) is 5.56 Å². The molecule has 0 fully saturated rings. The Morgan fingerprint density at radius 1 is 1.42 bits per heavy atom. The lowest BCUT2D eigenvalue weighted by Gasteiger charge is -2.05. The summed E-state index contributed by atoms with van der Waals surface area (Å²) in [5.41, 5.74) is 2.19. The minimum absolute atomic E-state index is 0. The molecule has 1 rings (SSSR count). The summed E-state index contributed by atoms with van der Waals surface area (Å²) in [6, 6.07) is 7.94. The first-order valence-corrected chi connectivity index (χ1v) is 4.11. The van der Waals surface area contributed by atoms with E-state index in [1.807, 2.05) is 31.2 Å². The number of thiocarbonyl (C=S) groups is 1. The van der Waals surface area contributed by atoms with Crippen LogP contribution in [0.2, 0.25) is 0 Å². The molecule has 12 heavy (non-hydrogen) atoms. The number of nitrogens with one attached hydrogen (secondary N) is 1. The number of anilines is 1. The highest BCUT2D eigenvalue weighted by atomic mass is 32.1. The van der Waals surface area contributed by atoms with Crippen molar-refractivity contribution < 1.29 is 0 Å². The highest BCUT2D eigenvalue weighted by molar-refractivity contribution is 8.11. The molecular weight excluding hydrogens is 188 g/mol. The van der Waals surface area contributed by atoms with Crippen molar-refractivity contribution in [3.63, 3.8) is 0 Å². The van der Waals surface area contributed by atoms with Gasteiger partial charge in [0.05, 0.1) is 0 Å². The average molecular weight is 200 g/mol. The fourth-order valence-corrected chi connectivity index (χ4v) is 1.06. The van der Waals surface area contributed by atoms with Crippen LogP contribution >= 0.6 is 24.8 Å². The number of thiol groups is 1. The zero-order valence-corrected chi connectivity index (χ0v) is 8.58. The first kappa shape index (κ1) is 11.4. The number of hydrogen-bond donors (Lipinski definition) is 3. The summed E-state index contributed by atoms with van der Waals surface area (Å²) in [5, 5.41) is 2.97. The van der Waals surface area contributed by atoms with Crippen LogP contribution in [0.3, 0.4) is 0 Å². The maximum Gasteiger partial charge on any atom is 0.135 e. The van der Waals surface area contributed by atoms with Crippen molar-refractivity contribution in [1.29, 1.82) is 0 Å². The molecule has 0 unspecified atom stereocenters. The summed E-state index contributed by atoms with van der Waals surface area (Å²) in [6.45, 7) is 2.02. The van der Waals surface area contributed by atoms with E-state index in [4.69, 9.17) is 12.2 Å². The van der Waals surface area contributed by atoms with Gasteiger partial charge in [-0.25, -0.2) is 0 Å². The third-order valence-electron chi connectivity index (χ3n) is 1.39. The molecule has 0 saturated carbocycles. The maximum atomic E-state index is 4.79. The topological polar surface area (TPSA) is 47.0 Å². The second-order valence-electron chi connectivity index (χ2n) is 2.25. The van der Waals surface area contributed by atoms with E-state index in [1.165, 1.54) is 5.56 Å². The number of hydrogen-bond acceptors (Lipinski definition) is 2. The molecule has 2 nitrogen and oxygen atoms in total. The van der Waals surface area contributed by atoms with E-state index in [2.05, 4.69) is 17.9 Å². The van der Waals surface area contributed by atoms with Crippen molar-refractivity contribution >= 4 is 34.9 Å². The van der Waals surface area contributed by atoms with Gasteiger partial charge >= 0.3 is 0 Å². The summed E-state index contributed by atoms with van der Waals surface area (Å²) in [6.07, 6.45) is 0. The molecule has 0 atom stereocenters. The zero-order valence-electron chi connectivity index (χ0n) is 6.87. The van der Waals surface area contributed by atoms with Crippen LogP contribution in [0.15, 0.2) is 24.3 Å². The average Bonchev–Trinajstić information content (AvgIpc) is 1.93. The first-order chi connectivity index (χ1) is 5.20. The van der Waals surface area contributed by atoms with Gasteiger partial charge in [-0.15, -0.1) is 12.6 Å².